The van der Waals surface area contributed by atoms with Gasteiger partial charge in [-0.05, 0) is 32.0 Å². The molecule has 1 aromatic rings. The predicted octanol–water partition coefficient (Wildman–Crippen LogP) is 3.05. The summed E-state index contributed by atoms with van der Waals surface area (Å²) in [5.74, 6) is 0. The average Bonchev–Trinajstić information content (AvgIpc) is 2.35. The van der Waals surface area contributed by atoms with Crippen LogP contribution < -0.4 is 5.32 Å². The zero-order chi connectivity index (χ0) is 14.3. The zero-order valence-electron chi connectivity index (χ0n) is 11.1. The summed E-state index contributed by atoms with van der Waals surface area (Å²) in [6, 6.07) is 5.26. The van der Waals surface area contributed by atoms with Gasteiger partial charge in [0.1, 0.15) is 0 Å². The van der Waals surface area contributed by atoms with Gasteiger partial charge in [0.25, 0.3) is 0 Å². The Kier molecular flexibility index (Phi) is 6.24. The smallest absolute Gasteiger partial charge is 0.363 e. The SMILES string of the molecule is CCCNCc1cccc(COC(C)C(F)(F)F)n1. The predicted molar refractivity (Wildman–Crippen MR) is 66.5 cm³/mol. The molecule has 0 aromatic carbocycles. The zero-order valence-corrected chi connectivity index (χ0v) is 11.1. The number of hydrogen-bond donors (Lipinski definition) is 1. The highest BCUT2D eigenvalue weighted by Crippen LogP contribution is 2.23. The van der Waals surface area contributed by atoms with Crippen molar-refractivity contribution in [2.45, 2.75) is 45.7 Å². The van der Waals surface area contributed by atoms with Crippen LogP contribution in [0.3, 0.4) is 0 Å². The van der Waals surface area contributed by atoms with Gasteiger partial charge in [-0.15, -0.1) is 0 Å². The molecule has 0 aliphatic heterocycles. The van der Waals surface area contributed by atoms with Crippen molar-refractivity contribution in [3.8, 4) is 0 Å². The first-order valence-electron chi connectivity index (χ1n) is 6.27. The quantitative estimate of drug-likeness (QED) is 0.777. The second kappa shape index (κ2) is 7.45. The second-order valence-corrected chi connectivity index (χ2v) is 4.29. The van der Waals surface area contributed by atoms with E-state index >= 15 is 0 Å². The number of nitrogens with one attached hydrogen (secondary N) is 1. The molecule has 0 fully saturated rings. The van der Waals surface area contributed by atoms with E-state index < -0.39 is 12.3 Å². The van der Waals surface area contributed by atoms with Crippen LogP contribution >= 0.6 is 0 Å². The van der Waals surface area contributed by atoms with E-state index in [1.807, 2.05) is 6.07 Å². The van der Waals surface area contributed by atoms with Crippen molar-refractivity contribution in [2.75, 3.05) is 6.54 Å². The Morgan fingerprint density at radius 1 is 1.32 bits per heavy atom. The molecule has 1 N–H and O–H groups in total. The minimum atomic E-state index is -4.33. The van der Waals surface area contributed by atoms with Crippen molar-refractivity contribution in [1.82, 2.24) is 10.3 Å². The van der Waals surface area contributed by atoms with Crippen molar-refractivity contribution in [1.29, 1.82) is 0 Å². The minimum absolute atomic E-state index is 0.137. The van der Waals surface area contributed by atoms with Crippen LogP contribution in [0.5, 0.6) is 0 Å². The van der Waals surface area contributed by atoms with Gasteiger partial charge in [0.15, 0.2) is 6.10 Å². The number of pyridine rings is 1. The number of ether oxygens (including phenoxy) is 1. The van der Waals surface area contributed by atoms with Gasteiger partial charge in [-0.25, -0.2) is 0 Å². The molecule has 0 aliphatic carbocycles. The normalized spacial score (nSPS) is 13.5. The van der Waals surface area contributed by atoms with Gasteiger partial charge >= 0.3 is 6.18 Å². The summed E-state index contributed by atoms with van der Waals surface area (Å²) in [7, 11) is 0. The number of halogens is 3. The summed E-state index contributed by atoms with van der Waals surface area (Å²) in [4.78, 5) is 4.24. The average molecular weight is 276 g/mol. The van der Waals surface area contributed by atoms with Crippen molar-refractivity contribution in [3.05, 3.63) is 29.6 Å². The molecule has 0 bridgehead atoms. The van der Waals surface area contributed by atoms with E-state index in [0.717, 1.165) is 25.6 Å². The van der Waals surface area contributed by atoms with Gasteiger partial charge in [0, 0.05) is 6.54 Å². The number of hydrogen-bond acceptors (Lipinski definition) is 3. The standard InChI is InChI=1S/C13H19F3N2O/c1-3-7-17-8-11-5-4-6-12(18-11)9-19-10(2)13(14,15)16/h4-6,10,17H,3,7-9H2,1-2H3. The largest absolute Gasteiger partial charge is 0.414 e. The molecular weight excluding hydrogens is 257 g/mol. The van der Waals surface area contributed by atoms with E-state index in [4.69, 9.17) is 4.74 Å². The summed E-state index contributed by atoms with van der Waals surface area (Å²) < 4.78 is 41.6. The van der Waals surface area contributed by atoms with Gasteiger partial charge in [-0.3, -0.25) is 4.98 Å². The lowest BCUT2D eigenvalue weighted by Crippen LogP contribution is -2.28. The van der Waals surface area contributed by atoms with E-state index in [1.165, 1.54) is 0 Å². The highest BCUT2D eigenvalue weighted by Gasteiger charge is 2.36. The fourth-order valence-corrected chi connectivity index (χ4v) is 1.41. The van der Waals surface area contributed by atoms with Crippen molar-refractivity contribution in [2.24, 2.45) is 0 Å². The monoisotopic (exact) mass is 276 g/mol. The number of alkyl halides is 3. The fourth-order valence-electron chi connectivity index (χ4n) is 1.41. The number of nitrogens with zero attached hydrogens (tertiary/aromatic N) is 1. The van der Waals surface area contributed by atoms with Crippen LogP contribution in [0, 0.1) is 0 Å². The summed E-state index contributed by atoms with van der Waals surface area (Å²) in [5, 5.41) is 3.18. The van der Waals surface area contributed by atoms with Crippen molar-refractivity contribution < 1.29 is 17.9 Å². The lowest BCUT2D eigenvalue weighted by Gasteiger charge is -2.16. The lowest BCUT2D eigenvalue weighted by molar-refractivity contribution is -0.217. The summed E-state index contributed by atoms with van der Waals surface area (Å²) in [6.45, 7) is 4.40. The van der Waals surface area contributed by atoms with E-state index in [1.54, 1.807) is 12.1 Å². The fraction of sp³-hybridized carbons (Fsp3) is 0.615. The highest BCUT2D eigenvalue weighted by molar-refractivity contribution is 5.10. The Labute approximate surface area is 111 Å². The molecule has 1 heterocycles. The van der Waals surface area contributed by atoms with Gasteiger partial charge in [0.05, 0.1) is 18.0 Å². The first-order chi connectivity index (χ1) is 8.93. The van der Waals surface area contributed by atoms with Crippen LogP contribution in [0.2, 0.25) is 0 Å². The molecule has 6 heteroatoms. The third-order valence-electron chi connectivity index (χ3n) is 2.54. The molecule has 0 radical (unpaired) electrons. The topological polar surface area (TPSA) is 34.1 Å². The summed E-state index contributed by atoms with van der Waals surface area (Å²) in [6.07, 6.45) is -5.09. The summed E-state index contributed by atoms with van der Waals surface area (Å²) in [5.41, 5.74) is 1.31. The van der Waals surface area contributed by atoms with Gasteiger partial charge in [0.2, 0.25) is 0 Å². The van der Waals surface area contributed by atoms with Gasteiger partial charge in [-0.2, -0.15) is 13.2 Å². The summed E-state index contributed by atoms with van der Waals surface area (Å²) >= 11 is 0. The highest BCUT2D eigenvalue weighted by atomic mass is 19.4. The molecule has 108 valence electrons. The molecule has 19 heavy (non-hydrogen) atoms. The Bertz CT molecular complexity index is 382. The molecule has 1 rings (SSSR count). The maximum atomic E-state index is 12.3. The molecule has 0 amide bonds. The molecule has 1 atom stereocenters. The minimum Gasteiger partial charge on any atom is -0.363 e. The van der Waals surface area contributed by atoms with Gasteiger partial charge < -0.3 is 10.1 Å². The first-order valence-corrected chi connectivity index (χ1v) is 6.27. The third kappa shape index (κ3) is 6.02. The molecule has 0 saturated heterocycles. The van der Waals surface area contributed by atoms with E-state index in [2.05, 4.69) is 17.2 Å². The Morgan fingerprint density at radius 2 is 2.00 bits per heavy atom. The molecule has 1 aromatic heterocycles. The third-order valence-corrected chi connectivity index (χ3v) is 2.54. The van der Waals surface area contributed by atoms with E-state index in [9.17, 15) is 13.2 Å². The van der Waals surface area contributed by atoms with Crippen LogP contribution in [0.25, 0.3) is 0 Å². The number of rotatable bonds is 7. The van der Waals surface area contributed by atoms with Crippen LogP contribution in [-0.4, -0.2) is 23.8 Å². The first kappa shape index (κ1) is 15.9. The lowest BCUT2D eigenvalue weighted by atomic mass is 10.3. The molecule has 0 spiro atoms. The van der Waals surface area contributed by atoms with Crippen LogP contribution in [0.1, 0.15) is 31.7 Å². The molecule has 1 unspecified atom stereocenters. The Hall–Kier alpha value is -1.14. The van der Waals surface area contributed by atoms with Gasteiger partial charge in [-0.1, -0.05) is 13.0 Å². The van der Waals surface area contributed by atoms with Crippen molar-refractivity contribution in [3.63, 3.8) is 0 Å². The Balaban J connectivity index is 2.48. The van der Waals surface area contributed by atoms with Crippen LogP contribution in [0.15, 0.2) is 18.2 Å². The van der Waals surface area contributed by atoms with Crippen LogP contribution in [0.4, 0.5) is 13.2 Å². The van der Waals surface area contributed by atoms with E-state index in [-0.39, 0.29) is 6.61 Å². The second-order valence-electron chi connectivity index (χ2n) is 4.29. The molecular formula is C13H19F3N2O. The Morgan fingerprint density at radius 3 is 2.63 bits per heavy atom. The van der Waals surface area contributed by atoms with Crippen molar-refractivity contribution >= 4 is 0 Å². The molecule has 0 aliphatic rings. The van der Waals surface area contributed by atoms with E-state index in [0.29, 0.717) is 12.2 Å². The van der Waals surface area contributed by atoms with Crippen LogP contribution in [-0.2, 0) is 17.9 Å². The number of aromatic nitrogens is 1. The molecule has 3 nitrogen and oxygen atoms in total. The molecule has 0 saturated carbocycles. The maximum absolute atomic E-state index is 12.3. The maximum Gasteiger partial charge on any atom is 0.414 e.